The molecule has 1 aromatic carbocycles. The van der Waals surface area contributed by atoms with Crippen LogP contribution < -0.4 is 15.4 Å². The molecule has 132 valence electrons. The lowest BCUT2D eigenvalue weighted by Crippen LogP contribution is -2.37. The number of aryl methyl sites for hydroxylation is 1. The van der Waals surface area contributed by atoms with Gasteiger partial charge in [0, 0.05) is 33.4 Å². The molecular weight excluding hydrogens is 405 g/mol. The highest BCUT2D eigenvalue weighted by molar-refractivity contribution is 14.0. The Morgan fingerprint density at radius 2 is 2.00 bits per heavy atom. The van der Waals surface area contributed by atoms with Crippen LogP contribution in [0.25, 0.3) is 0 Å². The van der Waals surface area contributed by atoms with E-state index in [-0.39, 0.29) is 24.0 Å². The van der Waals surface area contributed by atoms with Gasteiger partial charge >= 0.3 is 0 Å². The second-order valence-electron chi connectivity index (χ2n) is 5.06. The number of halogens is 1. The SMILES string of the molecule is CCOCCCCNC(=NC)NCc1ccc(OC)c(C)c1.I. The van der Waals surface area contributed by atoms with E-state index < -0.39 is 0 Å². The fraction of sp³-hybridized carbons (Fsp3) is 0.588. The Bertz CT molecular complexity index is 467. The number of benzene rings is 1. The van der Waals surface area contributed by atoms with Gasteiger partial charge in [0.05, 0.1) is 7.11 Å². The molecule has 0 aromatic heterocycles. The zero-order valence-corrected chi connectivity index (χ0v) is 17.0. The van der Waals surface area contributed by atoms with E-state index in [0.717, 1.165) is 56.4 Å². The van der Waals surface area contributed by atoms with Gasteiger partial charge in [0.15, 0.2) is 5.96 Å². The summed E-state index contributed by atoms with van der Waals surface area (Å²) >= 11 is 0. The van der Waals surface area contributed by atoms with Gasteiger partial charge < -0.3 is 20.1 Å². The minimum Gasteiger partial charge on any atom is -0.496 e. The molecule has 0 aliphatic heterocycles. The molecule has 0 aliphatic rings. The lowest BCUT2D eigenvalue weighted by atomic mass is 10.1. The first-order valence-electron chi connectivity index (χ1n) is 7.87. The highest BCUT2D eigenvalue weighted by Gasteiger charge is 2.01. The Morgan fingerprint density at radius 1 is 1.22 bits per heavy atom. The van der Waals surface area contributed by atoms with E-state index in [4.69, 9.17) is 9.47 Å². The predicted molar refractivity (Wildman–Crippen MR) is 107 cm³/mol. The number of guanidine groups is 1. The molecule has 0 aliphatic carbocycles. The van der Waals surface area contributed by atoms with Crippen LogP contribution >= 0.6 is 24.0 Å². The van der Waals surface area contributed by atoms with Gasteiger partial charge in [-0.15, -0.1) is 24.0 Å². The van der Waals surface area contributed by atoms with Gasteiger partial charge in [-0.05, 0) is 43.9 Å². The van der Waals surface area contributed by atoms with E-state index in [1.54, 1.807) is 14.2 Å². The monoisotopic (exact) mass is 435 g/mol. The third-order valence-electron chi connectivity index (χ3n) is 3.35. The van der Waals surface area contributed by atoms with Crippen LogP contribution in [0.5, 0.6) is 5.75 Å². The van der Waals surface area contributed by atoms with Gasteiger partial charge in [0.2, 0.25) is 0 Å². The minimum absolute atomic E-state index is 0. The number of hydrogen-bond donors (Lipinski definition) is 2. The molecule has 0 heterocycles. The van der Waals surface area contributed by atoms with E-state index in [1.165, 1.54) is 5.56 Å². The van der Waals surface area contributed by atoms with E-state index in [9.17, 15) is 0 Å². The van der Waals surface area contributed by atoms with Gasteiger partial charge in [0.25, 0.3) is 0 Å². The van der Waals surface area contributed by atoms with Gasteiger partial charge in [-0.2, -0.15) is 0 Å². The van der Waals surface area contributed by atoms with Crippen LogP contribution in [-0.4, -0.2) is 39.9 Å². The van der Waals surface area contributed by atoms with Gasteiger partial charge in [-0.3, -0.25) is 4.99 Å². The van der Waals surface area contributed by atoms with E-state index in [0.29, 0.717) is 0 Å². The number of nitrogens with zero attached hydrogens (tertiary/aromatic N) is 1. The average Bonchev–Trinajstić information content (AvgIpc) is 2.53. The van der Waals surface area contributed by atoms with Gasteiger partial charge in [-0.1, -0.05) is 12.1 Å². The van der Waals surface area contributed by atoms with Gasteiger partial charge in [0.1, 0.15) is 5.75 Å². The molecule has 23 heavy (non-hydrogen) atoms. The van der Waals surface area contributed by atoms with Crippen molar-refractivity contribution in [3.05, 3.63) is 29.3 Å². The molecule has 1 rings (SSSR count). The van der Waals surface area contributed by atoms with Crippen molar-refractivity contribution in [3.8, 4) is 5.75 Å². The van der Waals surface area contributed by atoms with Crippen LogP contribution in [0.1, 0.15) is 30.9 Å². The van der Waals surface area contributed by atoms with Crippen LogP contribution in [0.2, 0.25) is 0 Å². The normalized spacial score (nSPS) is 10.9. The zero-order chi connectivity index (χ0) is 16.2. The zero-order valence-electron chi connectivity index (χ0n) is 14.6. The Balaban J connectivity index is 0.00000484. The molecule has 1 aromatic rings. The lowest BCUT2D eigenvalue weighted by Gasteiger charge is -2.13. The van der Waals surface area contributed by atoms with Crippen molar-refractivity contribution in [3.63, 3.8) is 0 Å². The number of aliphatic imine (C=N–C) groups is 1. The molecule has 2 N–H and O–H groups in total. The maximum Gasteiger partial charge on any atom is 0.191 e. The molecule has 0 unspecified atom stereocenters. The fourth-order valence-corrected chi connectivity index (χ4v) is 2.14. The average molecular weight is 435 g/mol. The van der Waals surface area contributed by atoms with Crippen molar-refractivity contribution in [2.45, 2.75) is 33.2 Å². The number of nitrogens with one attached hydrogen (secondary N) is 2. The summed E-state index contributed by atoms with van der Waals surface area (Å²) in [6.07, 6.45) is 2.14. The number of ether oxygens (including phenoxy) is 2. The summed E-state index contributed by atoms with van der Waals surface area (Å²) in [6.45, 7) is 7.32. The summed E-state index contributed by atoms with van der Waals surface area (Å²) in [5.74, 6) is 1.74. The summed E-state index contributed by atoms with van der Waals surface area (Å²) in [4.78, 5) is 4.23. The van der Waals surface area contributed by atoms with Crippen LogP contribution in [0.3, 0.4) is 0 Å². The van der Waals surface area contributed by atoms with Crippen LogP contribution in [0.4, 0.5) is 0 Å². The molecule has 0 atom stereocenters. The maximum absolute atomic E-state index is 5.32. The third kappa shape index (κ3) is 9.00. The molecule has 0 saturated carbocycles. The summed E-state index contributed by atoms with van der Waals surface area (Å²) in [6, 6.07) is 6.19. The Labute approximate surface area is 157 Å². The van der Waals surface area contributed by atoms with E-state index in [1.807, 2.05) is 19.9 Å². The Kier molecular flexibility index (Phi) is 12.8. The quantitative estimate of drug-likeness (QED) is 0.271. The van der Waals surface area contributed by atoms with Crippen molar-refractivity contribution >= 4 is 29.9 Å². The summed E-state index contributed by atoms with van der Waals surface area (Å²) < 4.78 is 10.6. The molecule has 0 saturated heterocycles. The summed E-state index contributed by atoms with van der Waals surface area (Å²) in [5.41, 5.74) is 2.35. The molecular formula is C17H30IN3O2. The number of methoxy groups -OCH3 is 1. The third-order valence-corrected chi connectivity index (χ3v) is 3.35. The van der Waals surface area contributed by atoms with Crippen LogP contribution in [-0.2, 0) is 11.3 Å². The van der Waals surface area contributed by atoms with Crippen molar-refractivity contribution in [2.24, 2.45) is 4.99 Å². The summed E-state index contributed by atoms with van der Waals surface area (Å²) in [7, 11) is 3.48. The first kappa shape index (κ1) is 22.0. The minimum atomic E-state index is 0. The predicted octanol–water partition coefficient (Wildman–Crippen LogP) is 3.10. The molecule has 0 spiro atoms. The highest BCUT2D eigenvalue weighted by Crippen LogP contribution is 2.18. The highest BCUT2D eigenvalue weighted by atomic mass is 127. The van der Waals surface area contributed by atoms with Crippen molar-refractivity contribution in [1.29, 1.82) is 0 Å². The molecule has 0 amide bonds. The molecule has 0 fully saturated rings. The number of hydrogen-bond acceptors (Lipinski definition) is 3. The number of rotatable bonds is 9. The van der Waals surface area contributed by atoms with Crippen LogP contribution in [0.15, 0.2) is 23.2 Å². The molecule has 5 nitrogen and oxygen atoms in total. The number of unbranched alkanes of at least 4 members (excludes halogenated alkanes) is 1. The molecule has 6 heteroatoms. The molecule has 0 radical (unpaired) electrons. The van der Waals surface area contributed by atoms with Crippen molar-refractivity contribution < 1.29 is 9.47 Å². The standard InChI is InChI=1S/C17H29N3O2.HI/c1-5-22-11-7-6-10-19-17(18-3)20-13-15-8-9-16(21-4)14(2)12-15;/h8-9,12H,5-7,10-11,13H2,1-4H3,(H2,18,19,20);1H. The van der Waals surface area contributed by atoms with Gasteiger partial charge in [-0.25, -0.2) is 0 Å². The second-order valence-corrected chi connectivity index (χ2v) is 5.06. The summed E-state index contributed by atoms with van der Waals surface area (Å²) in [5, 5.41) is 6.63. The fourth-order valence-electron chi connectivity index (χ4n) is 2.14. The largest absolute Gasteiger partial charge is 0.496 e. The first-order valence-corrected chi connectivity index (χ1v) is 7.87. The lowest BCUT2D eigenvalue weighted by molar-refractivity contribution is 0.143. The van der Waals surface area contributed by atoms with Crippen molar-refractivity contribution in [1.82, 2.24) is 10.6 Å². The topological polar surface area (TPSA) is 54.9 Å². The maximum atomic E-state index is 5.32. The van der Waals surface area contributed by atoms with Crippen LogP contribution in [0, 0.1) is 6.92 Å². The molecule has 0 bridgehead atoms. The van der Waals surface area contributed by atoms with E-state index >= 15 is 0 Å². The Hall–Kier alpha value is -1.02. The first-order chi connectivity index (χ1) is 10.7. The van der Waals surface area contributed by atoms with E-state index in [2.05, 4.69) is 27.8 Å². The Morgan fingerprint density at radius 3 is 2.61 bits per heavy atom. The van der Waals surface area contributed by atoms with Crippen molar-refractivity contribution in [2.75, 3.05) is 33.9 Å². The second kappa shape index (κ2) is 13.4. The smallest absolute Gasteiger partial charge is 0.191 e.